The van der Waals surface area contributed by atoms with Crippen molar-refractivity contribution in [2.24, 2.45) is 0 Å². The number of hydrogen-bond acceptors (Lipinski definition) is 4. The van der Waals surface area contributed by atoms with Crippen LogP contribution in [0.1, 0.15) is 11.1 Å². The second-order valence-electron chi connectivity index (χ2n) is 7.23. The van der Waals surface area contributed by atoms with Gasteiger partial charge in [-0.25, -0.2) is 0 Å². The standard InChI is InChI=1S/C22H29N3O2/c1-18-6-4-8-20(14-18)24-10-12-25(13-11-24)22(26)17-23(2)16-19-7-5-9-21(15-19)27-3/h4-9,14-15H,10-13,16-17H2,1-3H3. The molecule has 0 aromatic heterocycles. The van der Waals surface area contributed by atoms with Crippen LogP contribution in [0, 0.1) is 6.92 Å². The van der Waals surface area contributed by atoms with Crippen LogP contribution in [0.25, 0.3) is 0 Å². The van der Waals surface area contributed by atoms with Gasteiger partial charge in [-0.15, -0.1) is 0 Å². The highest BCUT2D eigenvalue weighted by molar-refractivity contribution is 5.78. The van der Waals surface area contributed by atoms with Crippen molar-refractivity contribution in [3.63, 3.8) is 0 Å². The van der Waals surface area contributed by atoms with Gasteiger partial charge in [0.15, 0.2) is 0 Å². The van der Waals surface area contributed by atoms with E-state index in [0.29, 0.717) is 6.54 Å². The zero-order chi connectivity index (χ0) is 19.2. The van der Waals surface area contributed by atoms with Crippen LogP contribution in [-0.2, 0) is 11.3 Å². The number of ether oxygens (including phenoxy) is 1. The Balaban J connectivity index is 1.48. The molecule has 0 saturated carbocycles. The minimum Gasteiger partial charge on any atom is -0.497 e. The molecule has 144 valence electrons. The van der Waals surface area contributed by atoms with Crippen LogP contribution >= 0.6 is 0 Å². The van der Waals surface area contributed by atoms with Crippen LogP contribution in [0.15, 0.2) is 48.5 Å². The molecule has 0 spiro atoms. The summed E-state index contributed by atoms with van der Waals surface area (Å²) in [5.74, 6) is 1.05. The third-order valence-corrected chi connectivity index (χ3v) is 4.99. The second-order valence-corrected chi connectivity index (χ2v) is 7.23. The van der Waals surface area contributed by atoms with Crippen LogP contribution in [0.2, 0.25) is 0 Å². The van der Waals surface area contributed by atoms with E-state index in [1.165, 1.54) is 11.3 Å². The van der Waals surface area contributed by atoms with Gasteiger partial charge in [0, 0.05) is 38.4 Å². The van der Waals surface area contributed by atoms with Crippen molar-refractivity contribution in [1.29, 1.82) is 0 Å². The molecule has 0 radical (unpaired) electrons. The summed E-state index contributed by atoms with van der Waals surface area (Å²) >= 11 is 0. The summed E-state index contributed by atoms with van der Waals surface area (Å²) in [4.78, 5) is 19.1. The van der Waals surface area contributed by atoms with Crippen LogP contribution in [-0.4, -0.2) is 62.6 Å². The van der Waals surface area contributed by atoms with Crippen LogP contribution in [0.3, 0.4) is 0 Å². The molecular formula is C22H29N3O2. The average Bonchev–Trinajstić information content (AvgIpc) is 2.68. The number of likely N-dealkylation sites (N-methyl/N-ethyl adjacent to an activating group) is 1. The molecular weight excluding hydrogens is 338 g/mol. The Morgan fingerprint density at radius 3 is 2.52 bits per heavy atom. The summed E-state index contributed by atoms with van der Waals surface area (Å²) in [6, 6.07) is 16.5. The zero-order valence-electron chi connectivity index (χ0n) is 16.5. The lowest BCUT2D eigenvalue weighted by Gasteiger charge is -2.37. The number of benzene rings is 2. The predicted molar refractivity (Wildman–Crippen MR) is 109 cm³/mol. The topological polar surface area (TPSA) is 36.0 Å². The van der Waals surface area contributed by atoms with Crippen LogP contribution in [0.5, 0.6) is 5.75 Å². The quantitative estimate of drug-likeness (QED) is 0.787. The van der Waals surface area contributed by atoms with Crippen molar-refractivity contribution in [1.82, 2.24) is 9.80 Å². The van der Waals surface area contributed by atoms with Crippen molar-refractivity contribution in [2.45, 2.75) is 13.5 Å². The van der Waals surface area contributed by atoms with Crippen molar-refractivity contribution >= 4 is 11.6 Å². The van der Waals surface area contributed by atoms with Crippen LogP contribution < -0.4 is 9.64 Å². The molecule has 2 aromatic rings. The maximum atomic E-state index is 12.7. The first-order chi connectivity index (χ1) is 13.0. The van der Waals surface area contributed by atoms with Gasteiger partial charge in [-0.05, 0) is 49.4 Å². The fraction of sp³-hybridized carbons (Fsp3) is 0.409. The lowest BCUT2D eigenvalue weighted by Crippen LogP contribution is -2.51. The van der Waals surface area contributed by atoms with Gasteiger partial charge in [0.25, 0.3) is 0 Å². The predicted octanol–water partition coefficient (Wildman–Crippen LogP) is 2.78. The van der Waals surface area contributed by atoms with E-state index < -0.39 is 0 Å². The van der Waals surface area contributed by atoms with E-state index in [1.807, 2.05) is 30.1 Å². The lowest BCUT2D eigenvalue weighted by atomic mass is 10.2. The average molecular weight is 367 g/mol. The molecule has 0 N–H and O–H groups in total. The highest BCUT2D eigenvalue weighted by Crippen LogP contribution is 2.18. The van der Waals surface area contributed by atoms with E-state index in [9.17, 15) is 4.79 Å². The first kappa shape index (κ1) is 19.2. The molecule has 1 aliphatic heterocycles. The number of nitrogens with zero attached hydrogens (tertiary/aromatic N) is 3. The number of carbonyl (C=O) groups is 1. The molecule has 0 atom stereocenters. The number of methoxy groups -OCH3 is 1. The van der Waals surface area contributed by atoms with Gasteiger partial charge in [-0.1, -0.05) is 24.3 Å². The molecule has 1 heterocycles. The Labute approximate surface area is 162 Å². The van der Waals surface area contributed by atoms with Crippen molar-refractivity contribution in [3.8, 4) is 5.75 Å². The minimum absolute atomic E-state index is 0.198. The van der Waals surface area contributed by atoms with Gasteiger partial charge in [0.1, 0.15) is 5.75 Å². The van der Waals surface area contributed by atoms with Gasteiger partial charge < -0.3 is 14.5 Å². The third-order valence-electron chi connectivity index (χ3n) is 4.99. The largest absolute Gasteiger partial charge is 0.497 e. The third kappa shape index (κ3) is 5.23. The van der Waals surface area contributed by atoms with E-state index in [4.69, 9.17) is 4.74 Å². The minimum atomic E-state index is 0.198. The monoisotopic (exact) mass is 367 g/mol. The number of hydrogen-bond donors (Lipinski definition) is 0. The molecule has 5 nitrogen and oxygen atoms in total. The van der Waals surface area contributed by atoms with Crippen LogP contribution in [0.4, 0.5) is 5.69 Å². The lowest BCUT2D eigenvalue weighted by molar-refractivity contribution is -0.132. The highest BCUT2D eigenvalue weighted by Gasteiger charge is 2.22. The van der Waals surface area contributed by atoms with Gasteiger partial charge in [0.05, 0.1) is 13.7 Å². The number of aryl methyl sites for hydroxylation is 1. The molecule has 1 amide bonds. The van der Waals surface area contributed by atoms with Crippen molar-refractivity contribution in [3.05, 3.63) is 59.7 Å². The van der Waals surface area contributed by atoms with E-state index in [-0.39, 0.29) is 5.91 Å². The van der Waals surface area contributed by atoms with Gasteiger partial charge in [-0.3, -0.25) is 9.69 Å². The zero-order valence-corrected chi connectivity index (χ0v) is 16.5. The fourth-order valence-corrected chi connectivity index (χ4v) is 3.51. The molecule has 0 bridgehead atoms. The maximum Gasteiger partial charge on any atom is 0.236 e. The van der Waals surface area contributed by atoms with Crippen molar-refractivity contribution < 1.29 is 9.53 Å². The molecule has 27 heavy (non-hydrogen) atoms. The van der Waals surface area contributed by atoms with Gasteiger partial charge >= 0.3 is 0 Å². The molecule has 0 aliphatic carbocycles. The number of carbonyl (C=O) groups excluding carboxylic acids is 1. The van der Waals surface area contributed by atoms with E-state index in [1.54, 1.807) is 7.11 Å². The Kier molecular flexibility index (Phi) is 6.35. The maximum absolute atomic E-state index is 12.7. The van der Waals surface area contributed by atoms with Gasteiger partial charge in [-0.2, -0.15) is 0 Å². The summed E-state index contributed by atoms with van der Waals surface area (Å²) in [7, 11) is 3.66. The summed E-state index contributed by atoms with van der Waals surface area (Å²) < 4.78 is 5.27. The molecule has 5 heteroatoms. The highest BCUT2D eigenvalue weighted by atomic mass is 16.5. The Morgan fingerprint density at radius 1 is 1.07 bits per heavy atom. The smallest absolute Gasteiger partial charge is 0.236 e. The normalized spacial score (nSPS) is 14.5. The first-order valence-electron chi connectivity index (χ1n) is 9.46. The summed E-state index contributed by atoms with van der Waals surface area (Å²) in [6.07, 6.45) is 0. The molecule has 1 aliphatic rings. The summed E-state index contributed by atoms with van der Waals surface area (Å²) in [6.45, 7) is 6.60. The Morgan fingerprint density at radius 2 is 1.81 bits per heavy atom. The van der Waals surface area contributed by atoms with Crippen molar-refractivity contribution in [2.75, 3.05) is 51.8 Å². The van der Waals surface area contributed by atoms with E-state index in [0.717, 1.165) is 44.0 Å². The molecule has 1 saturated heterocycles. The fourth-order valence-electron chi connectivity index (χ4n) is 3.51. The second kappa shape index (κ2) is 8.91. The van der Waals surface area contributed by atoms with E-state index in [2.05, 4.69) is 47.1 Å². The van der Waals surface area contributed by atoms with Gasteiger partial charge in [0.2, 0.25) is 5.91 Å². The molecule has 3 rings (SSSR count). The van der Waals surface area contributed by atoms with E-state index >= 15 is 0 Å². The molecule has 2 aromatic carbocycles. The summed E-state index contributed by atoms with van der Waals surface area (Å²) in [5, 5.41) is 0. The number of rotatable bonds is 6. The number of piperazine rings is 1. The SMILES string of the molecule is COc1cccc(CN(C)CC(=O)N2CCN(c3cccc(C)c3)CC2)c1. The Hall–Kier alpha value is -2.53. The Bertz CT molecular complexity index is 770. The molecule has 1 fully saturated rings. The molecule has 0 unspecified atom stereocenters. The first-order valence-corrected chi connectivity index (χ1v) is 9.46. The summed E-state index contributed by atoms with van der Waals surface area (Å²) in [5.41, 5.74) is 3.66. The number of anilines is 1. The number of amides is 1.